The fourth-order valence-electron chi connectivity index (χ4n) is 2.17. The molecule has 1 heterocycles. The Morgan fingerprint density at radius 3 is 2.82 bits per heavy atom. The Kier molecular flexibility index (Phi) is 5.67. The summed E-state index contributed by atoms with van der Waals surface area (Å²) in [5, 5.41) is 3.73. The molecule has 1 atom stereocenters. The normalized spacial score (nSPS) is 20.3. The van der Waals surface area contributed by atoms with Gasteiger partial charge in [0.1, 0.15) is 5.82 Å². The van der Waals surface area contributed by atoms with E-state index in [1.54, 1.807) is 6.07 Å². The van der Waals surface area contributed by atoms with E-state index in [1.807, 2.05) is 13.1 Å². The topological polar surface area (TPSA) is 15.3 Å². The van der Waals surface area contributed by atoms with Crippen LogP contribution in [0.25, 0.3) is 0 Å². The molecule has 0 spiro atoms. The molecule has 1 fully saturated rings. The number of nitrogens with zero attached hydrogens (tertiary/aromatic N) is 1. The van der Waals surface area contributed by atoms with Crippen molar-refractivity contribution in [3.05, 3.63) is 34.6 Å². The monoisotopic (exact) mass is 278 g/mol. The highest BCUT2D eigenvalue weighted by Crippen LogP contribution is 2.18. The Morgan fingerprint density at radius 1 is 1.47 bits per heavy atom. The van der Waals surface area contributed by atoms with Gasteiger partial charge in [-0.1, -0.05) is 11.6 Å². The summed E-state index contributed by atoms with van der Waals surface area (Å²) in [7, 11) is 1.98. The van der Waals surface area contributed by atoms with Gasteiger partial charge in [-0.2, -0.15) is 0 Å². The van der Waals surface area contributed by atoms with Crippen LogP contribution in [0.15, 0.2) is 18.2 Å². The lowest BCUT2D eigenvalue weighted by Crippen LogP contribution is -2.29. The lowest BCUT2D eigenvalue weighted by atomic mass is 10.2. The van der Waals surface area contributed by atoms with Crippen molar-refractivity contribution in [3.8, 4) is 0 Å². The SMILES string of the molecule is CNC1CCN(Cc2cc(F)cc(Cl)c2)C1.Cl. The van der Waals surface area contributed by atoms with Crippen LogP contribution in [-0.4, -0.2) is 31.1 Å². The Morgan fingerprint density at radius 2 is 2.24 bits per heavy atom. The Hall–Kier alpha value is -0.350. The minimum atomic E-state index is -0.258. The molecule has 2 nitrogen and oxygen atoms in total. The predicted octanol–water partition coefficient (Wildman–Crippen LogP) is 2.69. The standard InChI is InChI=1S/C12H16ClFN2.ClH/c1-15-12-2-3-16(8-12)7-9-4-10(13)6-11(14)5-9;/h4-6,12,15H,2-3,7-8H2,1H3;1H. The molecular formula is C12H17Cl2FN2. The molecule has 0 bridgehead atoms. The largest absolute Gasteiger partial charge is 0.316 e. The number of nitrogens with one attached hydrogen (secondary N) is 1. The summed E-state index contributed by atoms with van der Waals surface area (Å²) in [5.41, 5.74) is 0.946. The molecule has 1 N–H and O–H groups in total. The van der Waals surface area contributed by atoms with Crippen LogP contribution in [0.5, 0.6) is 0 Å². The summed E-state index contributed by atoms with van der Waals surface area (Å²) in [6, 6.07) is 5.28. The fraction of sp³-hybridized carbons (Fsp3) is 0.500. The summed E-state index contributed by atoms with van der Waals surface area (Å²) in [6.07, 6.45) is 1.15. The second-order valence-corrected chi connectivity index (χ2v) is 4.72. The van der Waals surface area contributed by atoms with Crippen molar-refractivity contribution < 1.29 is 4.39 Å². The number of likely N-dealkylation sites (tertiary alicyclic amines) is 1. The van der Waals surface area contributed by atoms with E-state index < -0.39 is 0 Å². The van der Waals surface area contributed by atoms with Crippen molar-refractivity contribution in [2.75, 3.05) is 20.1 Å². The molecule has 1 aliphatic heterocycles. The first-order valence-electron chi connectivity index (χ1n) is 5.52. The number of hydrogen-bond donors (Lipinski definition) is 1. The van der Waals surface area contributed by atoms with E-state index in [2.05, 4.69) is 10.2 Å². The van der Waals surface area contributed by atoms with Crippen molar-refractivity contribution in [1.82, 2.24) is 10.2 Å². The first kappa shape index (κ1) is 14.7. The van der Waals surface area contributed by atoms with Gasteiger partial charge in [-0.3, -0.25) is 4.90 Å². The summed E-state index contributed by atoms with van der Waals surface area (Å²) in [6.45, 7) is 2.85. The van der Waals surface area contributed by atoms with Crippen LogP contribution in [0, 0.1) is 5.82 Å². The number of halogens is 3. The van der Waals surface area contributed by atoms with Gasteiger partial charge in [-0.15, -0.1) is 12.4 Å². The zero-order valence-corrected chi connectivity index (χ0v) is 11.3. The Bertz CT molecular complexity index is 353. The van der Waals surface area contributed by atoms with Crippen LogP contribution < -0.4 is 5.32 Å². The quantitative estimate of drug-likeness (QED) is 0.915. The van der Waals surface area contributed by atoms with Crippen molar-refractivity contribution in [2.24, 2.45) is 0 Å². The average Bonchev–Trinajstić information content (AvgIpc) is 2.64. The van der Waals surface area contributed by atoms with E-state index in [9.17, 15) is 4.39 Å². The van der Waals surface area contributed by atoms with Crippen molar-refractivity contribution >= 4 is 24.0 Å². The van der Waals surface area contributed by atoms with Gasteiger partial charge in [0, 0.05) is 30.7 Å². The van der Waals surface area contributed by atoms with Gasteiger partial charge in [0.15, 0.2) is 0 Å². The minimum absolute atomic E-state index is 0. The van der Waals surface area contributed by atoms with E-state index in [1.165, 1.54) is 6.07 Å². The molecule has 1 aromatic rings. The molecule has 0 aliphatic carbocycles. The van der Waals surface area contributed by atoms with E-state index in [0.29, 0.717) is 11.1 Å². The molecule has 96 valence electrons. The molecule has 2 rings (SSSR count). The molecule has 0 radical (unpaired) electrons. The number of benzene rings is 1. The van der Waals surface area contributed by atoms with Gasteiger partial charge < -0.3 is 5.32 Å². The minimum Gasteiger partial charge on any atom is -0.316 e. The zero-order valence-electron chi connectivity index (χ0n) is 9.75. The number of hydrogen-bond acceptors (Lipinski definition) is 2. The second kappa shape index (κ2) is 6.55. The number of likely N-dealkylation sites (N-methyl/N-ethyl adjacent to an activating group) is 1. The molecule has 1 aliphatic rings. The third-order valence-corrected chi connectivity index (χ3v) is 3.23. The first-order valence-corrected chi connectivity index (χ1v) is 5.90. The molecule has 17 heavy (non-hydrogen) atoms. The van der Waals surface area contributed by atoms with Crippen LogP contribution in [0.1, 0.15) is 12.0 Å². The summed E-state index contributed by atoms with van der Waals surface area (Å²) >= 11 is 5.82. The zero-order chi connectivity index (χ0) is 11.5. The molecule has 1 saturated heterocycles. The highest BCUT2D eigenvalue weighted by Gasteiger charge is 2.20. The predicted molar refractivity (Wildman–Crippen MR) is 71.4 cm³/mol. The molecule has 0 aromatic heterocycles. The smallest absolute Gasteiger partial charge is 0.125 e. The molecule has 1 unspecified atom stereocenters. The lowest BCUT2D eigenvalue weighted by Gasteiger charge is -2.16. The summed E-state index contributed by atoms with van der Waals surface area (Å²) < 4.78 is 13.1. The third kappa shape index (κ3) is 4.11. The third-order valence-electron chi connectivity index (χ3n) is 3.01. The van der Waals surface area contributed by atoms with Crippen molar-refractivity contribution in [2.45, 2.75) is 19.0 Å². The van der Waals surface area contributed by atoms with Gasteiger partial charge in [-0.25, -0.2) is 4.39 Å². The van der Waals surface area contributed by atoms with Crippen molar-refractivity contribution in [3.63, 3.8) is 0 Å². The van der Waals surface area contributed by atoms with E-state index >= 15 is 0 Å². The van der Waals surface area contributed by atoms with Gasteiger partial charge in [-0.05, 0) is 37.2 Å². The molecule has 5 heteroatoms. The second-order valence-electron chi connectivity index (χ2n) is 4.29. The van der Waals surface area contributed by atoms with E-state index in [0.717, 1.165) is 31.6 Å². The number of rotatable bonds is 3. The molecule has 1 aromatic carbocycles. The highest BCUT2D eigenvalue weighted by atomic mass is 35.5. The van der Waals surface area contributed by atoms with Crippen LogP contribution in [0.3, 0.4) is 0 Å². The van der Waals surface area contributed by atoms with Gasteiger partial charge >= 0.3 is 0 Å². The maximum atomic E-state index is 13.1. The maximum Gasteiger partial charge on any atom is 0.125 e. The van der Waals surface area contributed by atoms with Crippen LogP contribution in [0.2, 0.25) is 5.02 Å². The maximum absolute atomic E-state index is 13.1. The van der Waals surface area contributed by atoms with Crippen LogP contribution in [0.4, 0.5) is 4.39 Å². The van der Waals surface area contributed by atoms with Crippen LogP contribution in [-0.2, 0) is 6.54 Å². The van der Waals surface area contributed by atoms with Crippen molar-refractivity contribution in [1.29, 1.82) is 0 Å². The van der Waals surface area contributed by atoms with Gasteiger partial charge in [0.2, 0.25) is 0 Å². The summed E-state index contributed by atoms with van der Waals surface area (Å²) in [5.74, 6) is -0.258. The molecular weight excluding hydrogens is 262 g/mol. The van der Waals surface area contributed by atoms with E-state index in [-0.39, 0.29) is 18.2 Å². The van der Waals surface area contributed by atoms with Gasteiger partial charge in [0.05, 0.1) is 0 Å². The molecule has 0 saturated carbocycles. The lowest BCUT2D eigenvalue weighted by molar-refractivity contribution is 0.322. The Balaban J connectivity index is 0.00000144. The fourth-order valence-corrected chi connectivity index (χ4v) is 2.42. The van der Waals surface area contributed by atoms with E-state index in [4.69, 9.17) is 11.6 Å². The first-order chi connectivity index (χ1) is 7.67. The average molecular weight is 279 g/mol. The Labute approximate surface area is 113 Å². The highest BCUT2D eigenvalue weighted by molar-refractivity contribution is 6.30. The molecule has 0 amide bonds. The summed E-state index contributed by atoms with van der Waals surface area (Å²) in [4.78, 5) is 2.31. The van der Waals surface area contributed by atoms with Gasteiger partial charge in [0.25, 0.3) is 0 Å². The van der Waals surface area contributed by atoms with Crippen LogP contribution >= 0.6 is 24.0 Å².